The van der Waals surface area contributed by atoms with E-state index in [-0.39, 0.29) is 22.8 Å². The number of aryl methyl sites for hydroxylation is 1. The highest BCUT2D eigenvalue weighted by Gasteiger charge is 2.10. The standard InChI is InChI=1S/C13H12FN5O/c14-9-3-1-2-8(6-9)4-5-19-12(20)10-11(17-7-16-10)18-13(19)15/h1-3,6-7H,4-5H2,(H2,15,18)(H,16,17). The molecular formula is C13H12FN5O. The molecule has 3 rings (SSSR count). The van der Waals surface area contributed by atoms with Gasteiger partial charge in [0.15, 0.2) is 11.2 Å². The molecule has 0 aliphatic rings. The zero-order valence-corrected chi connectivity index (χ0v) is 10.5. The molecule has 0 bridgehead atoms. The average Bonchev–Trinajstić information content (AvgIpc) is 2.87. The van der Waals surface area contributed by atoms with Crippen molar-refractivity contribution in [3.63, 3.8) is 0 Å². The molecule has 2 heterocycles. The summed E-state index contributed by atoms with van der Waals surface area (Å²) in [5.41, 5.74) is 6.88. The number of aromatic amines is 1. The fraction of sp³-hybridized carbons (Fsp3) is 0.154. The van der Waals surface area contributed by atoms with Gasteiger partial charge in [-0.25, -0.2) is 9.37 Å². The summed E-state index contributed by atoms with van der Waals surface area (Å²) in [4.78, 5) is 22.9. The van der Waals surface area contributed by atoms with Crippen molar-refractivity contribution in [2.45, 2.75) is 13.0 Å². The van der Waals surface area contributed by atoms with Crippen molar-refractivity contribution < 1.29 is 4.39 Å². The van der Waals surface area contributed by atoms with Crippen LogP contribution in [0.1, 0.15) is 5.56 Å². The van der Waals surface area contributed by atoms with Crippen LogP contribution in [0, 0.1) is 5.82 Å². The first-order chi connectivity index (χ1) is 9.65. The summed E-state index contributed by atoms with van der Waals surface area (Å²) in [5.74, 6) is -0.188. The number of nitrogens with one attached hydrogen (secondary N) is 1. The zero-order chi connectivity index (χ0) is 14.1. The maximum absolute atomic E-state index is 13.1. The van der Waals surface area contributed by atoms with Gasteiger partial charge in [-0.3, -0.25) is 9.36 Å². The lowest BCUT2D eigenvalue weighted by atomic mass is 10.1. The number of nitrogens with zero attached hydrogens (tertiary/aromatic N) is 3. The number of anilines is 1. The molecule has 6 nitrogen and oxygen atoms in total. The molecule has 0 radical (unpaired) electrons. The van der Waals surface area contributed by atoms with Gasteiger partial charge in [0.05, 0.1) is 6.33 Å². The first kappa shape index (κ1) is 12.3. The molecule has 3 aromatic rings. The van der Waals surface area contributed by atoms with Gasteiger partial charge in [-0.1, -0.05) is 12.1 Å². The van der Waals surface area contributed by atoms with Gasteiger partial charge >= 0.3 is 0 Å². The molecule has 0 amide bonds. The number of aromatic nitrogens is 4. The van der Waals surface area contributed by atoms with Gasteiger partial charge in [0.25, 0.3) is 5.56 Å². The topological polar surface area (TPSA) is 89.6 Å². The summed E-state index contributed by atoms with van der Waals surface area (Å²) in [6.45, 7) is 0.323. The Morgan fingerprint density at radius 1 is 1.40 bits per heavy atom. The summed E-state index contributed by atoms with van der Waals surface area (Å²) < 4.78 is 14.4. The van der Waals surface area contributed by atoms with Crippen molar-refractivity contribution >= 4 is 17.1 Å². The van der Waals surface area contributed by atoms with Gasteiger partial charge in [-0.15, -0.1) is 0 Å². The van der Waals surface area contributed by atoms with Crippen LogP contribution in [0.5, 0.6) is 0 Å². The number of benzene rings is 1. The molecule has 0 aliphatic heterocycles. The Balaban J connectivity index is 1.93. The highest BCUT2D eigenvalue weighted by atomic mass is 19.1. The average molecular weight is 273 g/mol. The molecule has 0 unspecified atom stereocenters. The van der Waals surface area contributed by atoms with Gasteiger partial charge in [-0.2, -0.15) is 4.98 Å². The molecule has 0 saturated heterocycles. The summed E-state index contributed by atoms with van der Waals surface area (Å²) in [7, 11) is 0. The first-order valence-electron chi connectivity index (χ1n) is 6.09. The Morgan fingerprint density at radius 2 is 2.25 bits per heavy atom. The van der Waals surface area contributed by atoms with Gasteiger partial charge in [0, 0.05) is 6.54 Å². The summed E-state index contributed by atoms with van der Waals surface area (Å²) in [5, 5.41) is 0. The number of rotatable bonds is 3. The van der Waals surface area contributed by atoms with Crippen molar-refractivity contribution in [2.24, 2.45) is 0 Å². The van der Waals surface area contributed by atoms with Gasteiger partial charge in [0.1, 0.15) is 5.82 Å². The van der Waals surface area contributed by atoms with Crippen molar-refractivity contribution in [2.75, 3.05) is 5.73 Å². The summed E-state index contributed by atoms with van der Waals surface area (Å²) >= 11 is 0. The van der Waals surface area contributed by atoms with E-state index in [0.29, 0.717) is 18.6 Å². The fourth-order valence-corrected chi connectivity index (χ4v) is 2.09. The lowest BCUT2D eigenvalue weighted by Gasteiger charge is -2.08. The van der Waals surface area contributed by atoms with Crippen molar-refractivity contribution in [1.82, 2.24) is 19.5 Å². The zero-order valence-electron chi connectivity index (χ0n) is 10.5. The van der Waals surface area contributed by atoms with E-state index in [0.717, 1.165) is 5.56 Å². The number of hydrogen-bond acceptors (Lipinski definition) is 4. The highest BCUT2D eigenvalue weighted by molar-refractivity contribution is 5.69. The SMILES string of the molecule is Nc1nc2[nH]cnc2c(=O)n1CCc1cccc(F)c1. The second-order valence-electron chi connectivity index (χ2n) is 4.41. The van der Waals surface area contributed by atoms with E-state index < -0.39 is 0 Å². The monoisotopic (exact) mass is 273 g/mol. The molecule has 0 atom stereocenters. The Hall–Kier alpha value is -2.70. The van der Waals surface area contributed by atoms with Crippen LogP contribution in [-0.4, -0.2) is 19.5 Å². The third-order valence-electron chi connectivity index (χ3n) is 3.08. The molecule has 0 spiro atoms. The Bertz CT molecular complexity index is 823. The van der Waals surface area contributed by atoms with Crippen LogP contribution < -0.4 is 11.3 Å². The summed E-state index contributed by atoms with van der Waals surface area (Å²) in [6, 6.07) is 6.24. The molecule has 102 valence electrons. The maximum atomic E-state index is 13.1. The molecule has 0 saturated carbocycles. The normalized spacial score (nSPS) is 11.1. The largest absolute Gasteiger partial charge is 0.369 e. The van der Waals surface area contributed by atoms with E-state index in [1.165, 1.54) is 23.0 Å². The van der Waals surface area contributed by atoms with Crippen molar-refractivity contribution in [3.8, 4) is 0 Å². The quantitative estimate of drug-likeness (QED) is 0.747. The Kier molecular flexibility index (Phi) is 2.94. The lowest BCUT2D eigenvalue weighted by Crippen LogP contribution is -2.25. The highest BCUT2D eigenvalue weighted by Crippen LogP contribution is 2.08. The second-order valence-corrected chi connectivity index (χ2v) is 4.41. The number of imidazole rings is 1. The van der Waals surface area contributed by atoms with Crippen LogP contribution in [-0.2, 0) is 13.0 Å². The Labute approximate surface area is 113 Å². The van der Waals surface area contributed by atoms with E-state index in [9.17, 15) is 9.18 Å². The number of hydrogen-bond donors (Lipinski definition) is 2. The second kappa shape index (κ2) is 4.76. The molecule has 20 heavy (non-hydrogen) atoms. The molecular weight excluding hydrogens is 261 g/mol. The maximum Gasteiger partial charge on any atom is 0.283 e. The first-order valence-corrected chi connectivity index (χ1v) is 6.09. The summed E-state index contributed by atoms with van der Waals surface area (Å²) in [6.07, 6.45) is 1.88. The molecule has 3 N–H and O–H groups in total. The molecule has 0 fully saturated rings. The third-order valence-corrected chi connectivity index (χ3v) is 3.08. The predicted octanol–water partition coefficient (Wildman–Crippen LogP) is 1.08. The minimum atomic E-state index is -0.302. The van der Waals surface area contributed by atoms with Crippen LogP contribution >= 0.6 is 0 Å². The van der Waals surface area contributed by atoms with Crippen LogP contribution in [0.15, 0.2) is 35.4 Å². The molecule has 1 aromatic carbocycles. The third kappa shape index (κ3) is 2.13. The Morgan fingerprint density at radius 3 is 3.05 bits per heavy atom. The lowest BCUT2D eigenvalue weighted by molar-refractivity contribution is 0.620. The molecule has 0 aliphatic carbocycles. The molecule has 2 aromatic heterocycles. The number of fused-ring (bicyclic) bond motifs is 1. The van der Waals surface area contributed by atoms with E-state index >= 15 is 0 Å². The van der Waals surface area contributed by atoms with E-state index in [1.54, 1.807) is 12.1 Å². The van der Waals surface area contributed by atoms with E-state index in [2.05, 4.69) is 15.0 Å². The minimum Gasteiger partial charge on any atom is -0.369 e. The number of H-pyrrole nitrogens is 1. The van der Waals surface area contributed by atoms with E-state index in [4.69, 9.17) is 5.73 Å². The van der Waals surface area contributed by atoms with Crippen LogP contribution in [0.25, 0.3) is 11.2 Å². The number of halogens is 1. The van der Waals surface area contributed by atoms with Crippen LogP contribution in [0.3, 0.4) is 0 Å². The predicted molar refractivity (Wildman–Crippen MR) is 72.7 cm³/mol. The fourth-order valence-electron chi connectivity index (χ4n) is 2.09. The van der Waals surface area contributed by atoms with Crippen molar-refractivity contribution in [3.05, 3.63) is 52.3 Å². The molecule has 7 heteroatoms. The minimum absolute atomic E-state index is 0.114. The van der Waals surface area contributed by atoms with Gasteiger partial charge in [-0.05, 0) is 24.1 Å². The van der Waals surface area contributed by atoms with Crippen LogP contribution in [0.4, 0.5) is 10.3 Å². The van der Waals surface area contributed by atoms with Gasteiger partial charge in [0.2, 0.25) is 5.95 Å². The number of nitrogens with two attached hydrogens (primary N) is 1. The van der Waals surface area contributed by atoms with E-state index in [1.807, 2.05) is 0 Å². The van der Waals surface area contributed by atoms with Crippen molar-refractivity contribution in [1.29, 1.82) is 0 Å². The van der Waals surface area contributed by atoms with Crippen LogP contribution in [0.2, 0.25) is 0 Å². The smallest absolute Gasteiger partial charge is 0.283 e. The number of nitrogen functional groups attached to an aromatic ring is 1. The van der Waals surface area contributed by atoms with Gasteiger partial charge < -0.3 is 10.7 Å².